The second kappa shape index (κ2) is 13.5. The summed E-state index contributed by atoms with van der Waals surface area (Å²) in [4.78, 5) is 24.1. The third kappa shape index (κ3) is 5.29. The van der Waals surface area contributed by atoms with Crippen molar-refractivity contribution in [2.24, 2.45) is 116 Å². The predicted octanol–water partition coefficient (Wildman–Crippen LogP) is 8.36. The average molecular weight is 857 g/mol. The topological polar surface area (TPSA) is 134 Å². The highest BCUT2D eigenvalue weighted by Gasteiger charge is 2.83. The van der Waals surface area contributed by atoms with Crippen LogP contribution in [0.5, 0.6) is 0 Å². The SMILES string of the molecule is CCOC(=O)C#C[C@]1(O)[C@H]2C[C@H]2C2C3C(CC[C@@]21C)[C@@]1(C)CC[C@H](C)C[C@@]1(O)[C@@H]1C[C@H]31.CCOC(=O)CC[C@]1(O)[C@H]2C[C@H]2C2C3C(CC[C@@]21C)[C@@]1(C)CC[C@H](C)C[C@@]1(O)[C@@H]1C[C@H]31. The lowest BCUT2D eigenvalue weighted by Gasteiger charge is -2.65. The quantitative estimate of drug-likeness (QED) is 0.123. The highest BCUT2D eigenvalue weighted by Crippen LogP contribution is 2.84. The summed E-state index contributed by atoms with van der Waals surface area (Å²) in [6, 6.07) is 0. The van der Waals surface area contributed by atoms with E-state index in [2.05, 4.69) is 53.4 Å². The van der Waals surface area contributed by atoms with Crippen molar-refractivity contribution in [1.29, 1.82) is 0 Å². The lowest BCUT2D eigenvalue weighted by molar-refractivity contribution is -0.232. The van der Waals surface area contributed by atoms with Crippen LogP contribution in [-0.4, -0.2) is 68.0 Å². The van der Waals surface area contributed by atoms with E-state index < -0.39 is 28.4 Å². The van der Waals surface area contributed by atoms with Crippen LogP contribution in [0.15, 0.2) is 0 Å². The van der Waals surface area contributed by atoms with Gasteiger partial charge >= 0.3 is 11.9 Å². The Hall–Kier alpha value is -1.66. The van der Waals surface area contributed by atoms with E-state index in [1.807, 2.05) is 6.92 Å². The van der Waals surface area contributed by atoms with Crippen molar-refractivity contribution in [2.45, 2.75) is 181 Å². The zero-order valence-corrected chi connectivity index (χ0v) is 39.4. The maximum absolute atomic E-state index is 12.1. The Morgan fingerprint density at radius 1 is 0.581 bits per heavy atom. The number of ether oxygens (including phenoxy) is 2. The summed E-state index contributed by atoms with van der Waals surface area (Å²) in [5.74, 6) is 13.6. The number of hydrogen-bond donors (Lipinski definition) is 4. The lowest BCUT2D eigenvalue weighted by Crippen LogP contribution is -2.65. The van der Waals surface area contributed by atoms with Gasteiger partial charge in [0.05, 0.1) is 30.0 Å². The molecular formula is C54H80O8. The molecule has 12 saturated carbocycles. The number of rotatable bonds is 5. The molecule has 0 aromatic heterocycles. The smallest absolute Gasteiger partial charge is 0.384 e. The fourth-order valence-electron chi connectivity index (χ4n) is 20.5. The molecule has 0 bridgehead atoms. The Morgan fingerprint density at radius 3 is 1.60 bits per heavy atom. The highest BCUT2D eigenvalue weighted by molar-refractivity contribution is 5.88. The molecular weight excluding hydrogens is 777 g/mol. The van der Waals surface area contributed by atoms with E-state index >= 15 is 0 Å². The zero-order valence-electron chi connectivity index (χ0n) is 39.4. The second-order valence-corrected chi connectivity index (χ2v) is 25.7. The molecule has 4 N–H and O–H groups in total. The van der Waals surface area contributed by atoms with Crippen molar-refractivity contribution in [2.75, 3.05) is 13.2 Å². The van der Waals surface area contributed by atoms with E-state index in [-0.39, 0.29) is 33.5 Å². The van der Waals surface area contributed by atoms with Crippen LogP contribution in [0.4, 0.5) is 0 Å². The maximum atomic E-state index is 12.1. The van der Waals surface area contributed by atoms with Crippen LogP contribution >= 0.6 is 0 Å². The molecule has 0 amide bonds. The van der Waals surface area contributed by atoms with E-state index in [1.54, 1.807) is 6.92 Å². The zero-order chi connectivity index (χ0) is 43.9. The van der Waals surface area contributed by atoms with E-state index in [0.717, 1.165) is 64.2 Å². The van der Waals surface area contributed by atoms with E-state index in [4.69, 9.17) is 9.47 Å². The first-order chi connectivity index (χ1) is 29.2. The normalized spacial score (nSPS) is 60.5. The first-order valence-electron chi connectivity index (χ1n) is 26.0. The van der Waals surface area contributed by atoms with Crippen LogP contribution in [0, 0.1) is 128 Å². The maximum Gasteiger partial charge on any atom is 0.384 e. The average Bonchev–Trinajstić information content (AvgIpc) is 4.03. The van der Waals surface area contributed by atoms with E-state index in [9.17, 15) is 30.0 Å². The van der Waals surface area contributed by atoms with Crippen LogP contribution in [0.2, 0.25) is 0 Å². The monoisotopic (exact) mass is 857 g/mol. The molecule has 24 atom stereocenters. The van der Waals surface area contributed by atoms with Gasteiger partial charge in [-0.25, -0.2) is 4.79 Å². The molecule has 0 saturated heterocycles. The Balaban J connectivity index is 0.000000139. The molecule has 344 valence electrons. The van der Waals surface area contributed by atoms with Crippen molar-refractivity contribution in [3.63, 3.8) is 0 Å². The first kappa shape index (κ1) is 42.9. The van der Waals surface area contributed by atoms with Gasteiger partial charge in [-0.15, -0.1) is 0 Å². The third-order valence-corrected chi connectivity index (χ3v) is 23.6. The standard InChI is InChI=1S/C27H42O4.C27H38O4/c2*1-5-31-21(28)8-11-26(29)20-13-17(20)23-22-16-12-19(16)27(30)14-15(2)6-9-24(27,3)18(22)7-10-25(23,26)4/h15-20,22-23,29-30H,5-14H2,1-4H3;15-20,22-23,29-30H,5-7,9-10,12-14H2,1-4H3/t2*15-,16-,17+,18?,19+,20-,22?,23?,24+,25-,26-,27+/m00/s1. The minimum absolute atomic E-state index is 0.00484. The molecule has 12 rings (SSSR count). The van der Waals surface area contributed by atoms with Crippen LogP contribution in [0.3, 0.4) is 0 Å². The van der Waals surface area contributed by atoms with E-state index in [0.29, 0.717) is 115 Å². The van der Waals surface area contributed by atoms with Gasteiger partial charge in [0.2, 0.25) is 0 Å². The Morgan fingerprint density at radius 2 is 1.05 bits per heavy atom. The Bertz CT molecular complexity index is 1960. The van der Waals surface area contributed by atoms with Crippen molar-refractivity contribution in [1.82, 2.24) is 0 Å². The van der Waals surface area contributed by atoms with Gasteiger partial charge in [-0.3, -0.25) is 4.79 Å². The molecule has 0 radical (unpaired) electrons. The number of fused-ring (bicyclic) bond motifs is 20. The number of esters is 2. The fourth-order valence-corrected chi connectivity index (χ4v) is 20.5. The molecule has 0 heterocycles. The summed E-state index contributed by atoms with van der Waals surface area (Å²) in [5, 5.41) is 48.1. The summed E-state index contributed by atoms with van der Waals surface area (Å²) in [6.07, 6.45) is 16.4. The van der Waals surface area contributed by atoms with Gasteiger partial charge in [-0.05, 0) is 215 Å². The molecule has 0 aliphatic heterocycles. The molecule has 12 fully saturated rings. The summed E-state index contributed by atoms with van der Waals surface area (Å²) >= 11 is 0. The molecule has 0 spiro atoms. The predicted molar refractivity (Wildman–Crippen MR) is 234 cm³/mol. The molecule has 0 aromatic carbocycles. The Kier molecular flexibility index (Phi) is 9.35. The second-order valence-electron chi connectivity index (χ2n) is 25.7. The van der Waals surface area contributed by atoms with Gasteiger partial charge in [0, 0.05) is 23.7 Å². The van der Waals surface area contributed by atoms with Crippen LogP contribution < -0.4 is 0 Å². The van der Waals surface area contributed by atoms with Gasteiger partial charge in [0.25, 0.3) is 0 Å². The molecule has 8 heteroatoms. The molecule has 0 aromatic rings. The highest BCUT2D eigenvalue weighted by atomic mass is 16.5. The number of carbonyl (C=O) groups excluding carboxylic acids is 2. The lowest BCUT2D eigenvalue weighted by atomic mass is 9.41. The number of aliphatic hydroxyl groups is 4. The van der Waals surface area contributed by atoms with E-state index in [1.165, 1.54) is 25.7 Å². The summed E-state index contributed by atoms with van der Waals surface area (Å²) in [5.41, 5.74) is -3.07. The first-order valence-corrected chi connectivity index (χ1v) is 26.0. The molecule has 62 heavy (non-hydrogen) atoms. The third-order valence-electron chi connectivity index (χ3n) is 23.6. The largest absolute Gasteiger partial charge is 0.466 e. The van der Waals surface area contributed by atoms with Crippen molar-refractivity contribution < 1.29 is 39.5 Å². The van der Waals surface area contributed by atoms with Crippen molar-refractivity contribution in [3.8, 4) is 11.8 Å². The summed E-state index contributed by atoms with van der Waals surface area (Å²) < 4.78 is 10.2. The number of carbonyl (C=O) groups is 2. The van der Waals surface area contributed by atoms with Crippen molar-refractivity contribution in [3.05, 3.63) is 0 Å². The molecule has 8 nitrogen and oxygen atoms in total. The molecule has 6 unspecified atom stereocenters. The van der Waals surface area contributed by atoms with Gasteiger partial charge in [-0.2, -0.15) is 0 Å². The van der Waals surface area contributed by atoms with Crippen LogP contribution in [0.1, 0.15) is 158 Å². The van der Waals surface area contributed by atoms with Crippen molar-refractivity contribution >= 4 is 11.9 Å². The van der Waals surface area contributed by atoms with Gasteiger partial charge in [0.1, 0.15) is 5.60 Å². The van der Waals surface area contributed by atoms with Crippen LogP contribution in [0.25, 0.3) is 0 Å². The van der Waals surface area contributed by atoms with Gasteiger partial charge < -0.3 is 29.9 Å². The minimum Gasteiger partial charge on any atom is -0.466 e. The Labute approximate surface area is 372 Å². The molecule has 12 aliphatic carbocycles. The number of hydrogen-bond acceptors (Lipinski definition) is 8. The molecule has 12 aliphatic rings. The summed E-state index contributed by atoms with van der Waals surface area (Å²) in [6.45, 7) is 18.4. The minimum atomic E-state index is -1.08. The van der Waals surface area contributed by atoms with Gasteiger partial charge in [-0.1, -0.05) is 47.5 Å². The fraction of sp³-hybridized carbons (Fsp3) is 0.926. The van der Waals surface area contributed by atoms with Gasteiger partial charge in [0.15, 0.2) is 0 Å². The summed E-state index contributed by atoms with van der Waals surface area (Å²) in [7, 11) is 0. The van der Waals surface area contributed by atoms with Crippen LogP contribution in [-0.2, 0) is 19.1 Å².